The maximum atomic E-state index is 13.5. The molecular formula is C15H14Cl2FN. The van der Waals surface area contributed by atoms with Gasteiger partial charge in [0.25, 0.3) is 0 Å². The third-order valence-electron chi connectivity index (χ3n) is 2.94. The lowest BCUT2D eigenvalue weighted by Gasteiger charge is -2.17. The fourth-order valence-electron chi connectivity index (χ4n) is 1.85. The van der Waals surface area contributed by atoms with Gasteiger partial charge in [-0.1, -0.05) is 40.9 Å². The summed E-state index contributed by atoms with van der Waals surface area (Å²) in [6.45, 7) is 3.95. The second-order valence-corrected chi connectivity index (χ2v) is 5.33. The predicted octanol–water partition coefficient (Wildman–Crippen LogP) is 5.61. The molecule has 1 unspecified atom stereocenters. The van der Waals surface area contributed by atoms with Crippen LogP contribution in [0.2, 0.25) is 10.0 Å². The van der Waals surface area contributed by atoms with Gasteiger partial charge in [-0.2, -0.15) is 0 Å². The Labute approximate surface area is 122 Å². The number of hydrogen-bond acceptors (Lipinski definition) is 1. The molecule has 1 nitrogen and oxygen atoms in total. The van der Waals surface area contributed by atoms with Crippen LogP contribution in [0.1, 0.15) is 24.1 Å². The Balaban J connectivity index is 2.22. The fraction of sp³-hybridized carbons (Fsp3) is 0.200. The zero-order valence-electron chi connectivity index (χ0n) is 10.7. The first-order valence-electron chi connectivity index (χ1n) is 5.95. The van der Waals surface area contributed by atoms with Crippen molar-refractivity contribution in [3.8, 4) is 0 Å². The van der Waals surface area contributed by atoms with Gasteiger partial charge in [-0.3, -0.25) is 0 Å². The molecule has 1 atom stereocenters. The summed E-state index contributed by atoms with van der Waals surface area (Å²) in [6.07, 6.45) is 0. The van der Waals surface area contributed by atoms with Crippen LogP contribution in [-0.4, -0.2) is 0 Å². The van der Waals surface area contributed by atoms with Crippen molar-refractivity contribution in [2.45, 2.75) is 19.9 Å². The van der Waals surface area contributed by atoms with Gasteiger partial charge in [0.05, 0.1) is 11.1 Å². The summed E-state index contributed by atoms with van der Waals surface area (Å²) in [5, 5.41) is 3.77. The van der Waals surface area contributed by atoms with Gasteiger partial charge in [-0.15, -0.1) is 0 Å². The molecule has 0 saturated carbocycles. The number of aryl methyl sites for hydroxylation is 1. The second-order valence-electron chi connectivity index (χ2n) is 4.52. The van der Waals surface area contributed by atoms with Crippen LogP contribution in [0, 0.1) is 12.7 Å². The average molecular weight is 298 g/mol. The van der Waals surface area contributed by atoms with Crippen molar-refractivity contribution >= 4 is 28.9 Å². The van der Waals surface area contributed by atoms with E-state index in [2.05, 4.69) is 5.32 Å². The SMILES string of the molecule is Cc1ccc(NC(C)c2cc(F)c(Cl)cc2Cl)cc1. The molecular weight excluding hydrogens is 284 g/mol. The highest BCUT2D eigenvalue weighted by molar-refractivity contribution is 6.35. The fourth-order valence-corrected chi connectivity index (χ4v) is 2.39. The van der Waals surface area contributed by atoms with Crippen molar-refractivity contribution in [2.24, 2.45) is 0 Å². The van der Waals surface area contributed by atoms with Gasteiger partial charge in [0.2, 0.25) is 0 Å². The molecule has 0 saturated heterocycles. The standard InChI is InChI=1S/C15H14Cl2FN/c1-9-3-5-11(6-4-9)19-10(2)12-7-15(18)14(17)8-13(12)16/h3-8,10,19H,1-2H3. The third-order valence-corrected chi connectivity index (χ3v) is 3.56. The van der Waals surface area contributed by atoms with Crippen molar-refractivity contribution in [1.82, 2.24) is 0 Å². The molecule has 0 amide bonds. The number of hydrogen-bond donors (Lipinski definition) is 1. The first-order valence-corrected chi connectivity index (χ1v) is 6.70. The topological polar surface area (TPSA) is 12.0 Å². The van der Waals surface area contributed by atoms with Gasteiger partial charge in [-0.25, -0.2) is 4.39 Å². The van der Waals surface area contributed by atoms with Gasteiger partial charge in [-0.05, 0) is 43.7 Å². The lowest BCUT2D eigenvalue weighted by molar-refractivity contribution is 0.624. The van der Waals surface area contributed by atoms with E-state index in [0.717, 1.165) is 5.69 Å². The molecule has 0 fully saturated rings. The summed E-state index contributed by atoms with van der Waals surface area (Å²) in [5.41, 5.74) is 2.84. The average Bonchev–Trinajstić information content (AvgIpc) is 2.36. The highest BCUT2D eigenvalue weighted by Gasteiger charge is 2.13. The zero-order valence-corrected chi connectivity index (χ0v) is 12.2. The van der Waals surface area contributed by atoms with Gasteiger partial charge >= 0.3 is 0 Å². The minimum Gasteiger partial charge on any atom is -0.378 e. The summed E-state index contributed by atoms with van der Waals surface area (Å²) in [4.78, 5) is 0. The van der Waals surface area contributed by atoms with E-state index < -0.39 is 5.82 Å². The van der Waals surface area contributed by atoms with Gasteiger partial charge in [0.1, 0.15) is 5.82 Å². The van der Waals surface area contributed by atoms with Gasteiger partial charge in [0, 0.05) is 10.7 Å². The number of rotatable bonds is 3. The van der Waals surface area contributed by atoms with Crippen LogP contribution in [0.4, 0.5) is 10.1 Å². The highest BCUT2D eigenvalue weighted by Crippen LogP contribution is 2.30. The molecule has 0 spiro atoms. The van der Waals surface area contributed by atoms with Crippen LogP contribution in [0.25, 0.3) is 0 Å². The minimum absolute atomic E-state index is 0.0382. The van der Waals surface area contributed by atoms with E-state index in [1.165, 1.54) is 17.7 Å². The van der Waals surface area contributed by atoms with E-state index in [1.54, 1.807) is 0 Å². The zero-order chi connectivity index (χ0) is 14.0. The van der Waals surface area contributed by atoms with Crippen molar-refractivity contribution in [3.05, 3.63) is 63.4 Å². The van der Waals surface area contributed by atoms with E-state index in [9.17, 15) is 4.39 Å². The van der Waals surface area contributed by atoms with E-state index in [4.69, 9.17) is 23.2 Å². The Morgan fingerprint density at radius 2 is 1.68 bits per heavy atom. The molecule has 0 aliphatic carbocycles. The maximum Gasteiger partial charge on any atom is 0.142 e. The van der Waals surface area contributed by atoms with E-state index in [-0.39, 0.29) is 11.1 Å². The number of nitrogens with one attached hydrogen (secondary N) is 1. The molecule has 4 heteroatoms. The third kappa shape index (κ3) is 3.40. The highest BCUT2D eigenvalue weighted by atomic mass is 35.5. The Bertz CT molecular complexity index is 581. The molecule has 1 N–H and O–H groups in total. The summed E-state index contributed by atoms with van der Waals surface area (Å²) in [6, 6.07) is 10.7. The maximum absolute atomic E-state index is 13.5. The normalized spacial score (nSPS) is 12.3. The molecule has 0 heterocycles. The van der Waals surface area contributed by atoms with Crippen molar-refractivity contribution < 1.29 is 4.39 Å². The number of halogens is 3. The monoisotopic (exact) mass is 297 g/mol. The summed E-state index contributed by atoms with van der Waals surface area (Å²) < 4.78 is 13.5. The lowest BCUT2D eigenvalue weighted by Crippen LogP contribution is -2.07. The van der Waals surface area contributed by atoms with Crippen LogP contribution >= 0.6 is 23.2 Å². The smallest absolute Gasteiger partial charge is 0.142 e. The van der Waals surface area contributed by atoms with Gasteiger partial charge < -0.3 is 5.32 Å². The van der Waals surface area contributed by atoms with Crippen LogP contribution in [0.5, 0.6) is 0 Å². The molecule has 0 aliphatic rings. The Morgan fingerprint density at radius 1 is 1.05 bits per heavy atom. The summed E-state index contributed by atoms with van der Waals surface area (Å²) in [5.74, 6) is -0.460. The molecule has 2 aromatic rings. The Hall–Kier alpha value is -1.25. The van der Waals surface area contributed by atoms with Gasteiger partial charge in [0.15, 0.2) is 0 Å². The lowest BCUT2D eigenvalue weighted by atomic mass is 10.1. The van der Waals surface area contributed by atoms with Crippen molar-refractivity contribution in [3.63, 3.8) is 0 Å². The molecule has 19 heavy (non-hydrogen) atoms. The minimum atomic E-state index is -0.460. The van der Waals surface area contributed by atoms with Crippen molar-refractivity contribution in [2.75, 3.05) is 5.32 Å². The quantitative estimate of drug-likeness (QED) is 0.726. The van der Waals surface area contributed by atoms with Crippen molar-refractivity contribution in [1.29, 1.82) is 0 Å². The molecule has 0 aliphatic heterocycles. The second kappa shape index (κ2) is 5.81. The molecule has 100 valence electrons. The number of benzene rings is 2. The van der Waals surface area contributed by atoms with Crippen LogP contribution in [0.3, 0.4) is 0 Å². The summed E-state index contributed by atoms with van der Waals surface area (Å²) >= 11 is 11.8. The molecule has 2 aromatic carbocycles. The Kier molecular flexibility index (Phi) is 4.33. The predicted molar refractivity (Wildman–Crippen MR) is 79.6 cm³/mol. The first kappa shape index (κ1) is 14.2. The van der Waals surface area contributed by atoms with E-state index in [0.29, 0.717) is 10.6 Å². The van der Waals surface area contributed by atoms with Crippen LogP contribution in [-0.2, 0) is 0 Å². The Morgan fingerprint density at radius 3 is 2.32 bits per heavy atom. The summed E-state index contributed by atoms with van der Waals surface area (Å²) in [7, 11) is 0. The largest absolute Gasteiger partial charge is 0.378 e. The van der Waals surface area contributed by atoms with E-state index in [1.807, 2.05) is 38.1 Å². The molecule has 2 rings (SSSR count). The van der Waals surface area contributed by atoms with E-state index >= 15 is 0 Å². The molecule has 0 radical (unpaired) electrons. The first-order chi connectivity index (χ1) is 8.97. The number of anilines is 1. The molecule has 0 aromatic heterocycles. The molecule has 0 bridgehead atoms. The van der Waals surface area contributed by atoms with Crippen LogP contribution < -0.4 is 5.32 Å². The van der Waals surface area contributed by atoms with Crippen LogP contribution in [0.15, 0.2) is 36.4 Å².